The molecule has 0 aromatic carbocycles. The van der Waals surface area contributed by atoms with Gasteiger partial charge in [-0.05, 0) is 122 Å². The van der Waals surface area contributed by atoms with E-state index in [1.54, 1.807) is 0 Å². The summed E-state index contributed by atoms with van der Waals surface area (Å²) in [5.41, 5.74) is 19.3. The molecule has 0 fully saturated rings. The van der Waals surface area contributed by atoms with Gasteiger partial charge in [0.1, 0.15) is 0 Å². The molecule has 5 heteroatoms. The van der Waals surface area contributed by atoms with E-state index in [1.165, 1.54) is 44.5 Å². The van der Waals surface area contributed by atoms with Crippen LogP contribution in [-0.4, -0.2) is 19.9 Å². The van der Waals surface area contributed by atoms with Crippen LogP contribution < -0.4 is 0 Å². The van der Waals surface area contributed by atoms with Crippen molar-refractivity contribution < 1.29 is 21.1 Å². The third kappa shape index (κ3) is 4.48. The van der Waals surface area contributed by atoms with Gasteiger partial charge in [0.05, 0.1) is 22.8 Å². The molecule has 3 aromatic rings. The van der Waals surface area contributed by atoms with Gasteiger partial charge in [-0.15, -0.1) is 0 Å². The van der Waals surface area contributed by atoms with Gasteiger partial charge in [-0.3, -0.25) is 0 Å². The minimum Gasteiger partial charge on any atom is -0.355 e. The first kappa shape index (κ1) is 27.3. The van der Waals surface area contributed by atoms with Gasteiger partial charge in [0.2, 0.25) is 0 Å². The normalized spacial score (nSPS) is 13.4. The molecular weight excluding hydrogens is 635 g/mol. The van der Waals surface area contributed by atoms with E-state index in [9.17, 15) is 0 Å². The van der Waals surface area contributed by atoms with Gasteiger partial charge in [-0.25, -0.2) is 9.97 Å². The molecule has 0 radical (unpaired) electrons. The molecule has 2 N–H and O–H groups in total. The second kappa shape index (κ2) is 10.6. The standard InChI is InChI=1S/C32H38N4.Pt/c1-9-21-17(5)25-14-30-23(11-3)19(7)27(35-30)16-32-24(12-4)20(8)28(36-32)15-31-22(10-2)18(6)26(34-31)13-29(21)33-25;/h13-16,33,36H,9-12H2,1-8H3;. The van der Waals surface area contributed by atoms with Crippen LogP contribution in [0.4, 0.5) is 0 Å². The third-order valence-corrected chi connectivity index (χ3v) is 8.21. The molecular formula is C32H38N4Pt. The molecule has 196 valence electrons. The summed E-state index contributed by atoms with van der Waals surface area (Å²) in [5, 5.41) is 0. The van der Waals surface area contributed by atoms with E-state index in [0.717, 1.165) is 70.5 Å². The molecule has 0 unspecified atom stereocenters. The van der Waals surface area contributed by atoms with Crippen LogP contribution in [0.3, 0.4) is 0 Å². The SMILES string of the molecule is CCC1=C(C)c2cc3[nH]c(cc4nc(cc5[nH]c(cc1n2)c(C)c5CC)C(C)=C4CC)c(C)c3CC.[Pt]. The zero-order valence-corrected chi connectivity index (χ0v) is 25.6. The Bertz CT molecular complexity index is 1490. The second-order valence-electron chi connectivity index (χ2n) is 10.1. The van der Waals surface area contributed by atoms with Gasteiger partial charge in [-0.1, -0.05) is 27.7 Å². The van der Waals surface area contributed by atoms with E-state index in [1.807, 2.05) is 0 Å². The largest absolute Gasteiger partial charge is 0.355 e. The summed E-state index contributed by atoms with van der Waals surface area (Å²) in [6.07, 6.45) is 3.86. The van der Waals surface area contributed by atoms with Crippen LogP contribution in [0.2, 0.25) is 0 Å². The summed E-state index contributed by atoms with van der Waals surface area (Å²) >= 11 is 0. The van der Waals surface area contributed by atoms with E-state index >= 15 is 0 Å². The fourth-order valence-corrected chi connectivity index (χ4v) is 6.02. The summed E-state index contributed by atoms with van der Waals surface area (Å²) in [6.45, 7) is 17.8. The summed E-state index contributed by atoms with van der Waals surface area (Å²) in [7, 11) is 0. The molecule has 0 atom stereocenters. The van der Waals surface area contributed by atoms with Crippen molar-refractivity contribution in [2.45, 2.75) is 81.1 Å². The maximum atomic E-state index is 5.15. The summed E-state index contributed by atoms with van der Waals surface area (Å²) in [6, 6.07) is 8.98. The fraction of sp³-hybridized carbons (Fsp3) is 0.375. The van der Waals surface area contributed by atoms with E-state index < -0.39 is 0 Å². The fourth-order valence-electron chi connectivity index (χ4n) is 6.02. The van der Waals surface area contributed by atoms with Gasteiger partial charge in [-0.2, -0.15) is 0 Å². The van der Waals surface area contributed by atoms with Crippen molar-refractivity contribution in [1.82, 2.24) is 19.9 Å². The average Bonchev–Trinajstić information content (AvgIpc) is 3.51. The quantitative estimate of drug-likeness (QED) is 0.291. The molecule has 0 aliphatic carbocycles. The van der Waals surface area contributed by atoms with E-state index in [2.05, 4.69) is 89.6 Å². The van der Waals surface area contributed by atoms with Crippen molar-refractivity contribution in [1.29, 1.82) is 0 Å². The number of allylic oxidation sites excluding steroid dienone is 4. The van der Waals surface area contributed by atoms with Gasteiger partial charge in [0, 0.05) is 43.1 Å². The van der Waals surface area contributed by atoms with E-state index in [-0.39, 0.29) is 21.1 Å². The van der Waals surface area contributed by atoms with Crippen LogP contribution in [-0.2, 0) is 33.9 Å². The number of nitrogens with one attached hydrogen (secondary N) is 2. The Hall–Kier alpha value is -2.71. The Balaban J connectivity index is 0.00000320. The van der Waals surface area contributed by atoms with Crippen molar-refractivity contribution in [3.8, 4) is 0 Å². The Kier molecular flexibility index (Phi) is 7.81. The summed E-state index contributed by atoms with van der Waals surface area (Å²) < 4.78 is 0. The predicted octanol–water partition coefficient (Wildman–Crippen LogP) is 8.74. The number of aromatic nitrogens is 4. The minimum absolute atomic E-state index is 0. The first-order valence-electron chi connectivity index (χ1n) is 13.4. The predicted molar refractivity (Wildman–Crippen MR) is 155 cm³/mol. The van der Waals surface area contributed by atoms with Crippen LogP contribution in [0.5, 0.6) is 0 Å². The Morgan fingerprint density at radius 3 is 1.19 bits per heavy atom. The smallest absolute Gasteiger partial charge is 0.0693 e. The maximum Gasteiger partial charge on any atom is 0.0693 e. The zero-order chi connectivity index (χ0) is 25.7. The van der Waals surface area contributed by atoms with E-state index in [0.29, 0.717) is 0 Å². The number of hydrogen-bond donors (Lipinski definition) is 2. The molecule has 8 bridgehead atoms. The Morgan fingerprint density at radius 2 is 0.865 bits per heavy atom. The van der Waals surface area contributed by atoms with Gasteiger partial charge in [0.15, 0.2) is 0 Å². The topological polar surface area (TPSA) is 57.4 Å². The number of nitrogens with zero attached hydrogens (tertiary/aromatic N) is 2. The van der Waals surface area contributed by atoms with Crippen molar-refractivity contribution in [3.05, 3.63) is 69.3 Å². The first-order valence-corrected chi connectivity index (χ1v) is 13.4. The third-order valence-electron chi connectivity index (χ3n) is 8.21. The number of hydrogen-bond acceptors (Lipinski definition) is 2. The van der Waals surface area contributed by atoms with Gasteiger partial charge in [0.25, 0.3) is 0 Å². The maximum absolute atomic E-state index is 5.15. The molecule has 0 spiro atoms. The van der Waals surface area contributed by atoms with Gasteiger partial charge < -0.3 is 9.97 Å². The van der Waals surface area contributed by atoms with Crippen LogP contribution in [0.15, 0.2) is 24.3 Å². The second-order valence-corrected chi connectivity index (χ2v) is 10.1. The van der Waals surface area contributed by atoms with Crippen molar-refractivity contribution >= 4 is 44.4 Å². The number of H-pyrrole nitrogens is 2. The van der Waals surface area contributed by atoms with Crippen LogP contribution >= 0.6 is 0 Å². The molecule has 5 rings (SSSR count). The zero-order valence-electron chi connectivity index (χ0n) is 23.3. The van der Waals surface area contributed by atoms with Crippen LogP contribution in [0, 0.1) is 13.8 Å². The molecule has 2 aliphatic rings. The summed E-state index contributed by atoms with van der Waals surface area (Å²) in [4.78, 5) is 17.7. The number of fused-ring (bicyclic) bond motifs is 8. The molecule has 0 saturated heterocycles. The van der Waals surface area contributed by atoms with E-state index in [4.69, 9.17) is 9.97 Å². The first-order chi connectivity index (χ1) is 17.3. The molecule has 0 amide bonds. The van der Waals surface area contributed by atoms with Crippen LogP contribution in [0.1, 0.15) is 99.4 Å². The average molecular weight is 674 g/mol. The van der Waals surface area contributed by atoms with Crippen molar-refractivity contribution in [2.24, 2.45) is 0 Å². The number of rotatable bonds is 4. The Labute approximate surface area is 235 Å². The Morgan fingerprint density at radius 1 is 0.514 bits per heavy atom. The number of aryl methyl sites for hydroxylation is 4. The van der Waals surface area contributed by atoms with Crippen molar-refractivity contribution in [3.63, 3.8) is 0 Å². The molecule has 3 aromatic heterocycles. The molecule has 2 aliphatic heterocycles. The molecule has 0 saturated carbocycles. The summed E-state index contributed by atoms with van der Waals surface area (Å²) in [5.74, 6) is 0. The van der Waals surface area contributed by atoms with Crippen molar-refractivity contribution in [2.75, 3.05) is 0 Å². The van der Waals surface area contributed by atoms with Crippen LogP contribution in [0.25, 0.3) is 44.4 Å². The minimum atomic E-state index is 0. The molecule has 5 heterocycles. The monoisotopic (exact) mass is 673 g/mol. The molecule has 4 nitrogen and oxygen atoms in total. The number of aromatic amines is 2. The van der Waals surface area contributed by atoms with Gasteiger partial charge >= 0.3 is 0 Å². The molecule has 37 heavy (non-hydrogen) atoms.